The van der Waals surface area contributed by atoms with E-state index in [2.05, 4.69) is 12.2 Å². The van der Waals surface area contributed by atoms with Crippen LogP contribution in [0.3, 0.4) is 0 Å². The third-order valence-electron chi connectivity index (χ3n) is 4.28. The van der Waals surface area contributed by atoms with Crippen LogP contribution >= 0.6 is 0 Å². The highest BCUT2D eigenvalue weighted by Gasteiger charge is 2.40. The van der Waals surface area contributed by atoms with Gasteiger partial charge < -0.3 is 10.4 Å². The number of nitrogens with one attached hydrogen (secondary N) is 1. The number of fused-ring (bicyclic) bond motifs is 1. The standard InChI is InChI=1S/C15H18N2O3/c1-15(6-7-15)9-16-14(20)17-8-11(13(18)19)10-4-2-3-5-12(10)17/h2-5,11H,6-9H2,1H3,(H,16,20)(H,18,19). The zero-order chi connectivity index (χ0) is 14.3. The number of nitrogens with zero attached hydrogens (tertiary/aromatic N) is 1. The van der Waals surface area contributed by atoms with E-state index in [1.54, 1.807) is 23.1 Å². The molecule has 1 aliphatic heterocycles. The van der Waals surface area contributed by atoms with Crippen LogP contribution in [-0.4, -0.2) is 30.2 Å². The van der Waals surface area contributed by atoms with Gasteiger partial charge in [-0.1, -0.05) is 25.1 Å². The molecule has 1 heterocycles. The van der Waals surface area contributed by atoms with E-state index in [1.807, 2.05) is 6.07 Å². The van der Waals surface area contributed by atoms with Gasteiger partial charge in [-0.2, -0.15) is 0 Å². The van der Waals surface area contributed by atoms with Crippen LogP contribution < -0.4 is 10.2 Å². The van der Waals surface area contributed by atoms with E-state index in [9.17, 15) is 14.7 Å². The molecule has 1 saturated carbocycles. The molecule has 1 unspecified atom stereocenters. The number of urea groups is 1. The van der Waals surface area contributed by atoms with Crippen molar-refractivity contribution in [3.8, 4) is 0 Å². The van der Waals surface area contributed by atoms with Gasteiger partial charge in [0.05, 0.1) is 0 Å². The Bertz CT molecular complexity index is 566. The molecule has 1 aromatic carbocycles. The topological polar surface area (TPSA) is 69.6 Å². The first-order chi connectivity index (χ1) is 9.50. The molecule has 0 spiro atoms. The molecule has 0 radical (unpaired) electrons. The molecule has 2 aliphatic rings. The molecule has 106 valence electrons. The number of benzene rings is 1. The normalized spacial score (nSPS) is 22.2. The molecule has 0 bridgehead atoms. The monoisotopic (exact) mass is 274 g/mol. The third kappa shape index (κ3) is 2.24. The zero-order valence-electron chi connectivity index (χ0n) is 11.4. The summed E-state index contributed by atoms with van der Waals surface area (Å²) < 4.78 is 0. The first-order valence-corrected chi connectivity index (χ1v) is 6.87. The average molecular weight is 274 g/mol. The zero-order valence-corrected chi connectivity index (χ0v) is 11.4. The summed E-state index contributed by atoms with van der Waals surface area (Å²) in [6.45, 7) is 3.00. The number of hydrogen-bond donors (Lipinski definition) is 2. The van der Waals surface area contributed by atoms with Crippen LogP contribution in [0.1, 0.15) is 31.2 Å². The highest BCUT2D eigenvalue weighted by molar-refractivity contribution is 5.98. The summed E-state index contributed by atoms with van der Waals surface area (Å²) >= 11 is 0. The highest BCUT2D eigenvalue weighted by atomic mass is 16.4. The lowest BCUT2D eigenvalue weighted by atomic mass is 10.0. The maximum absolute atomic E-state index is 12.3. The lowest BCUT2D eigenvalue weighted by Crippen LogP contribution is -2.41. The number of amides is 2. The Morgan fingerprint density at radius 1 is 1.40 bits per heavy atom. The summed E-state index contributed by atoms with van der Waals surface area (Å²) in [5, 5.41) is 12.2. The predicted octanol–water partition coefficient (Wildman–Crippen LogP) is 2.18. The SMILES string of the molecule is CC1(CNC(=O)N2CC(C(=O)O)c3ccccc32)CC1. The van der Waals surface area contributed by atoms with Gasteiger partial charge in [0.15, 0.2) is 0 Å². The van der Waals surface area contributed by atoms with Gasteiger partial charge in [0.1, 0.15) is 5.92 Å². The first kappa shape index (κ1) is 13.0. The van der Waals surface area contributed by atoms with Gasteiger partial charge in [-0.3, -0.25) is 9.69 Å². The van der Waals surface area contributed by atoms with Crippen molar-refractivity contribution < 1.29 is 14.7 Å². The molecule has 2 amide bonds. The predicted molar refractivity (Wildman–Crippen MR) is 74.9 cm³/mol. The van der Waals surface area contributed by atoms with Crippen LogP contribution in [-0.2, 0) is 4.79 Å². The number of anilines is 1. The number of rotatable bonds is 3. The first-order valence-electron chi connectivity index (χ1n) is 6.87. The fraction of sp³-hybridized carbons (Fsp3) is 0.467. The van der Waals surface area contributed by atoms with Crippen molar-refractivity contribution in [1.82, 2.24) is 5.32 Å². The Hall–Kier alpha value is -2.04. The number of carbonyl (C=O) groups excluding carboxylic acids is 1. The van der Waals surface area contributed by atoms with Crippen LogP contribution in [0.5, 0.6) is 0 Å². The van der Waals surface area contributed by atoms with E-state index in [0.717, 1.165) is 12.8 Å². The molecule has 0 saturated heterocycles. The number of aliphatic carboxylic acids is 1. The molecule has 1 fully saturated rings. The van der Waals surface area contributed by atoms with E-state index in [0.29, 0.717) is 17.8 Å². The summed E-state index contributed by atoms with van der Waals surface area (Å²) in [6, 6.07) is 7.02. The summed E-state index contributed by atoms with van der Waals surface area (Å²) in [6.07, 6.45) is 2.28. The van der Waals surface area contributed by atoms with Crippen molar-refractivity contribution in [3.63, 3.8) is 0 Å². The van der Waals surface area contributed by atoms with Crippen LogP contribution in [0.4, 0.5) is 10.5 Å². The fourth-order valence-electron chi connectivity index (χ4n) is 2.59. The van der Waals surface area contributed by atoms with Crippen LogP contribution in [0.15, 0.2) is 24.3 Å². The largest absolute Gasteiger partial charge is 0.481 e. The van der Waals surface area contributed by atoms with Crippen molar-refractivity contribution >= 4 is 17.7 Å². The Morgan fingerprint density at radius 2 is 2.10 bits per heavy atom. The van der Waals surface area contributed by atoms with Gasteiger partial charge >= 0.3 is 12.0 Å². The lowest BCUT2D eigenvalue weighted by Gasteiger charge is -2.19. The Labute approximate surface area is 117 Å². The van der Waals surface area contributed by atoms with Crippen LogP contribution in [0, 0.1) is 5.41 Å². The summed E-state index contributed by atoms with van der Waals surface area (Å²) in [5.41, 5.74) is 1.66. The quantitative estimate of drug-likeness (QED) is 0.887. The van der Waals surface area contributed by atoms with Gasteiger partial charge in [-0.15, -0.1) is 0 Å². The Kier molecular flexibility index (Phi) is 2.92. The van der Waals surface area contributed by atoms with E-state index in [-0.39, 0.29) is 18.0 Å². The van der Waals surface area contributed by atoms with Crippen LogP contribution in [0.25, 0.3) is 0 Å². The van der Waals surface area contributed by atoms with Gasteiger partial charge in [-0.05, 0) is 29.9 Å². The maximum atomic E-state index is 12.3. The second-order valence-electron chi connectivity index (χ2n) is 6.03. The smallest absolute Gasteiger partial charge is 0.321 e. The van der Waals surface area contributed by atoms with Gasteiger partial charge in [0.2, 0.25) is 0 Å². The second-order valence-corrected chi connectivity index (χ2v) is 6.03. The lowest BCUT2D eigenvalue weighted by molar-refractivity contribution is -0.138. The fourth-order valence-corrected chi connectivity index (χ4v) is 2.59. The maximum Gasteiger partial charge on any atom is 0.321 e. The minimum Gasteiger partial charge on any atom is -0.481 e. The molecule has 0 aromatic heterocycles. The summed E-state index contributed by atoms with van der Waals surface area (Å²) in [7, 11) is 0. The van der Waals surface area contributed by atoms with E-state index < -0.39 is 11.9 Å². The minimum atomic E-state index is -0.887. The van der Waals surface area contributed by atoms with Gasteiger partial charge in [0, 0.05) is 18.8 Å². The molecular formula is C15H18N2O3. The molecule has 3 rings (SSSR count). The number of para-hydroxylation sites is 1. The van der Waals surface area contributed by atoms with Gasteiger partial charge in [-0.25, -0.2) is 4.79 Å². The van der Waals surface area contributed by atoms with Gasteiger partial charge in [0.25, 0.3) is 0 Å². The molecule has 1 atom stereocenters. The van der Waals surface area contributed by atoms with E-state index in [4.69, 9.17) is 0 Å². The molecule has 20 heavy (non-hydrogen) atoms. The summed E-state index contributed by atoms with van der Waals surface area (Å²) in [5.74, 6) is -1.52. The van der Waals surface area contributed by atoms with Crippen molar-refractivity contribution in [2.75, 3.05) is 18.0 Å². The van der Waals surface area contributed by atoms with Crippen LogP contribution in [0.2, 0.25) is 0 Å². The average Bonchev–Trinajstić information content (AvgIpc) is 3.03. The minimum absolute atomic E-state index is 0.200. The molecule has 1 aliphatic carbocycles. The van der Waals surface area contributed by atoms with E-state index >= 15 is 0 Å². The molecule has 5 heteroatoms. The highest BCUT2D eigenvalue weighted by Crippen LogP contribution is 2.44. The van der Waals surface area contributed by atoms with Crippen molar-refractivity contribution in [3.05, 3.63) is 29.8 Å². The third-order valence-corrected chi connectivity index (χ3v) is 4.28. The Balaban J connectivity index is 1.77. The number of carboxylic acids is 1. The summed E-state index contributed by atoms with van der Waals surface area (Å²) in [4.78, 5) is 25.1. The molecular weight excluding hydrogens is 256 g/mol. The Morgan fingerprint density at radius 3 is 2.75 bits per heavy atom. The van der Waals surface area contributed by atoms with Crippen molar-refractivity contribution in [2.24, 2.45) is 5.41 Å². The van der Waals surface area contributed by atoms with E-state index in [1.165, 1.54) is 0 Å². The van der Waals surface area contributed by atoms with Crippen molar-refractivity contribution in [1.29, 1.82) is 0 Å². The number of carboxylic acid groups (broad SMARTS) is 1. The molecule has 2 N–H and O–H groups in total. The number of carbonyl (C=O) groups is 2. The van der Waals surface area contributed by atoms with Crippen molar-refractivity contribution in [2.45, 2.75) is 25.7 Å². The number of hydrogen-bond acceptors (Lipinski definition) is 2. The molecule has 5 nitrogen and oxygen atoms in total. The second kappa shape index (κ2) is 4.51. The molecule has 1 aromatic rings.